The molecule has 11 nitrogen and oxygen atoms in total. The molecule has 118 valence electrons. The van der Waals surface area contributed by atoms with Crippen LogP contribution in [0.5, 0.6) is 5.88 Å². The smallest absolute Gasteiger partial charge is 0.328 e. The first-order valence-electron chi connectivity index (χ1n) is 6.02. The Balaban J connectivity index is 2.22. The summed E-state index contributed by atoms with van der Waals surface area (Å²) in [4.78, 5) is 48.0. The van der Waals surface area contributed by atoms with Gasteiger partial charge in [-0.15, -0.1) is 0 Å². The Morgan fingerprint density at radius 3 is 2.65 bits per heavy atom. The van der Waals surface area contributed by atoms with E-state index in [9.17, 15) is 29.6 Å². The number of amides is 1. The van der Waals surface area contributed by atoms with E-state index in [2.05, 4.69) is 5.10 Å². The van der Waals surface area contributed by atoms with Crippen LogP contribution in [-0.2, 0) is 0 Å². The first-order valence-corrected chi connectivity index (χ1v) is 6.02. The van der Waals surface area contributed by atoms with Crippen molar-refractivity contribution in [2.75, 3.05) is 0 Å². The van der Waals surface area contributed by atoms with Crippen molar-refractivity contribution in [1.82, 2.24) is 15.4 Å². The zero-order valence-electron chi connectivity index (χ0n) is 11.3. The average Bonchev–Trinajstić information content (AvgIpc) is 2.49. The monoisotopic (exact) mass is 319 g/mol. The van der Waals surface area contributed by atoms with Crippen LogP contribution in [0.2, 0.25) is 0 Å². The number of nitrogens with one attached hydrogen (secondary N) is 3. The van der Waals surface area contributed by atoms with E-state index in [0.29, 0.717) is 0 Å². The molecule has 2 rings (SSSR count). The van der Waals surface area contributed by atoms with Crippen LogP contribution in [0.15, 0.2) is 39.0 Å². The van der Waals surface area contributed by atoms with Crippen molar-refractivity contribution in [2.24, 2.45) is 5.10 Å². The van der Waals surface area contributed by atoms with E-state index in [4.69, 9.17) is 0 Å². The summed E-state index contributed by atoms with van der Waals surface area (Å²) in [5.41, 5.74) is -0.884. The fraction of sp³-hybridized carbons (Fsp3) is 0. The maximum absolute atomic E-state index is 11.8. The molecule has 1 aromatic carbocycles. The molecule has 4 N–H and O–H groups in total. The molecule has 1 heterocycles. The van der Waals surface area contributed by atoms with E-state index < -0.39 is 39.2 Å². The molecular weight excluding hydrogens is 310 g/mol. The number of aromatic nitrogens is 2. The highest BCUT2D eigenvalue weighted by atomic mass is 16.6. The summed E-state index contributed by atoms with van der Waals surface area (Å²) in [5, 5.41) is 23.6. The topological polar surface area (TPSA) is 171 Å². The summed E-state index contributed by atoms with van der Waals surface area (Å²) < 4.78 is 0. The number of para-hydroxylation sites is 1. The van der Waals surface area contributed by atoms with Crippen LogP contribution in [0.4, 0.5) is 5.69 Å². The first kappa shape index (κ1) is 15.6. The van der Waals surface area contributed by atoms with Crippen LogP contribution in [0, 0.1) is 10.1 Å². The van der Waals surface area contributed by atoms with Crippen LogP contribution >= 0.6 is 0 Å². The zero-order valence-corrected chi connectivity index (χ0v) is 11.3. The molecule has 0 atom stereocenters. The second-order valence-corrected chi connectivity index (χ2v) is 4.14. The number of hydrazone groups is 1. The number of carbonyl (C=O) groups excluding carboxylic acids is 1. The van der Waals surface area contributed by atoms with Gasteiger partial charge < -0.3 is 5.11 Å². The van der Waals surface area contributed by atoms with Gasteiger partial charge >= 0.3 is 5.69 Å². The molecule has 0 unspecified atom stereocenters. The molecule has 0 bridgehead atoms. The molecule has 0 saturated carbocycles. The Hall–Kier alpha value is -3.76. The summed E-state index contributed by atoms with van der Waals surface area (Å²) in [6, 6.07) is 5.21. The molecule has 0 aliphatic carbocycles. The molecule has 23 heavy (non-hydrogen) atoms. The minimum absolute atomic E-state index is 0.228. The van der Waals surface area contributed by atoms with Crippen molar-refractivity contribution in [3.05, 3.63) is 66.3 Å². The van der Waals surface area contributed by atoms with E-state index >= 15 is 0 Å². The Bertz CT molecular complexity index is 913. The number of nitrogens with zero attached hydrogens (tertiary/aromatic N) is 2. The van der Waals surface area contributed by atoms with Crippen molar-refractivity contribution >= 4 is 17.8 Å². The lowest BCUT2D eigenvalue weighted by Gasteiger charge is -2.01. The molecule has 0 spiro atoms. The minimum Gasteiger partial charge on any atom is -0.494 e. The third-order valence-electron chi connectivity index (χ3n) is 2.66. The number of nitro benzene ring substituents is 1. The van der Waals surface area contributed by atoms with Gasteiger partial charge in [0.05, 0.1) is 11.1 Å². The summed E-state index contributed by atoms with van der Waals surface area (Å²) in [6.07, 6.45) is 0.788. The molecule has 2 aromatic rings. The van der Waals surface area contributed by atoms with E-state index in [-0.39, 0.29) is 5.56 Å². The van der Waals surface area contributed by atoms with Crippen molar-refractivity contribution in [3.63, 3.8) is 0 Å². The first-order chi connectivity index (χ1) is 10.9. The van der Waals surface area contributed by atoms with E-state index in [1.54, 1.807) is 0 Å². The lowest BCUT2D eigenvalue weighted by Crippen LogP contribution is -2.25. The van der Waals surface area contributed by atoms with Gasteiger partial charge in [-0.05, 0) is 6.07 Å². The van der Waals surface area contributed by atoms with E-state index in [1.807, 2.05) is 15.4 Å². The number of H-pyrrole nitrogens is 2. The van der Waals surface area contributed by atoms with Gasteiger partial charge in [0.15, 0.2) is 0 Å². The van der Waals surface area contributed by atoms with Crippen molar-refractivity contribution in [3.8, 4) is 5.88 Å². The fourth-order valence-electron chi connectivity index (χ4n) is 1.64. The van der Waals surface area contributed by atoms with E-state index in [0.717, 1.165) is 12.3 Å². The molecule has 0 aliphatic heterocycles. The summed E-state index contributed by atoms with van der Waals surface area (Å²) >= 11 is 0. The molecule has 0 aliphatic rings. The maximum Gasteiger partial charge on any atom is 0.328 e. The Morgan fingerprint density at radius 2 is 2.00 bits per heavy atom. The lowest BCUT2D eigenvalue weighted by molar-refractivity contribution is -0.385. The zero-order chi connectivity index (χ0) is 17.0. The van der Waals surface area contributed by atoms with Gasteiger partial charge in [-0.1, -0.05) is 12.1 Å². The number of nitro groups is 1. The predicted molar refractivity (Wildman–Crippen MR) is 77.5 cm³/mol. The second kappa shape index (κ2) is 6.34. The standard InChI is InChI=1S/C12H9N5O6/c18-9-7(10(19)15-12(21)14-9)5-13-16-11(20)6-3-1-2-4-8(6)17(22)23/h1-5H,(H,16,20)(H3,14,15,18,19,21)/b13-5+. The third-order valence-corrected chi connectivity index (χ3v) is 2.66. The third kappa shape index (κ3) is 3.47. The average molecular weight is 319 g/mol. The number of hydrogen-bond acceptors (Lipinski definition) is 7. The van der Waals surface area contributed by atoms with Crippen molar-refractivity contribution in [1.29, 1.82) is 0 Å². The van der Waals surface area contributed by atoms with Gasteiger partial charge in [0.2, 0.25) is 5.88 Å². The summed E-state index contributed by atoms with van der Waals surface area (Å²) in [5.74, 6) is -1.61. The molecule has 1 aromatic heterocycles. The van der Waals surface area contributed by atoms with Gasteiger partial charge in [-0.3, -0.25) is 29.7 Å². The maximum atomic E-state index is 11.8. The van der Waals surface area contributed by atoms with Gasteiger partial charge in [0.1, 0.15) is 11.1 Å². The Labute approximate surface area is 126 Å². The normalized spacial score (nSPS) is 10.6. The molecule has 0 radical (unpaired) electrons. The minimum atomic E-state index is -0.921. The fourth-order valence-corrected chi connectivity index (χ4v) is 1.64. The van der Waals surface area contributed by atoms with Crippen molar-refractivity contribution < 1.29 is 14.8 Å². The number of benzene rings is 1. The van der Waals surface area contributed by atoms with Gasteiger partial charge in [0.25, 0.3) is 17.2 Å². The Morgan fingerprint density at radius 1 is 1.30 bits per heavy atom. The highest BCUT2D eigenvalue weighted by Crippen LogP contribution is 2.17. The molecule has 0 saturated heterocycles. The SMILES string of the molecule is O=C(N/N=C/c1c(O)[nH]c(=O)[nH]c1=O)c1ccccc1[N+](=O)[O-]. The highest BCUT2D eigenvalue weighted by Gasteiger charge is 2.18. The molecular formula is C12H9N5O6. The van der Waals surface area contributed by atoms with Gasteiger partial charge in [-0.2, -0.15) is 5.10 Å². The lowest BCUT2D eigenvalue weighted by atomic mass is 10.2. The van der Waals surface area contributed by atoms with Crippen LogP contribution < -0.4 is 16.7 Å². The van der Waals surface area contributed by atoms with Crippen LogP contribution in [0.3, 0.4) is 0 Å². The number of aromatic amines is 2. The summed E-state index contributed by atoms with van der Waals surface area (Å²) in [7, 11) is 0. The Kier molecular flexibility index (Phi) is 4.31. The number of carbonyl (C=O) groups is 1. The summed E-state index contributed by atoms with van der Waals surface area (Å²) in [6.45, 7) is 0. The highest BCUT2D eigenvalue weighted by molar-refractivity contribution is 5.98. The quantitative estimate of drug-likeness (QED) is 0.334. The van der Waals surface area contributed by atoms with Crippen LogP contribution in [0.25, 0.3) is 0 Å². The van der Waals surface area contributed by atoms with E-state index in [1.165, 1.54) is 18.2 Å². The molecule has 1 amide bonds. The van der Waals surface area contributed by atoms with Crippen LogP contribution in [0.1, 0.15) is 15.9 Å². The molecule has 0 fully saturated rings. The second-order valence-electron chi connectivity index (χ2n) is 4.14. The number of hydrogen-bond donors (Lipinski definition) is 4. The predicted octanol–water partition coefficient (Wildman–Crippen LogP) is -0.559. The van der Waals surface area contributed by atoms with Gasteiger partial charge in [0, 0.05) is 6.07 Å². The molecule has 11 heteroatoms. The van der Waals surface area contributed by atoms with Gasteiger partial charge in [-0.25, -0.2) is 10.2 Å². The largest absolute Gasteiger partial charge is 0.494 e. The van der Waals surface area contributed by atoms with Crippen LogP contribution in [-0.4, -0.2) is 32.1 Å². The number of rotatable bonds is 4. The number of aromatic hydroxyl groups is 1. The van der Waals surface area contributed by atoms with Crippen molar-refractivity contribution in [2.45, 2.75) is 0 Å².